The van der Waals surface area contributed by atoms with Crippen molar-refractivity contribution in [3.63, 3.8) is 0 Å². The van der Waals surface area contributed by atoms with Gasteiger partial charge in [-0.25, -0.2) is 4.79 Å². The van der Waals surface area contributed by atoms with Gasteiger partial charge in [-0.2, -0.15) is 7.12 Å². The van der Waals surface area contributed by atoms with Gasteiger partial charge in [0.25, 0.3) is 0 Å². The molecule has 14 heteroatoms. The van der Waals surface area contributed by atoms with Crippen LogP contribution in [0.4, 0.5) is 0 Å². The zero-order valence-corrected chi connectivity index (χ0v) is 55.7. The summed E-state index contributed by atoms with van der Waals surface area (Å²) in [4.78, 5) is 24.4. The number of esters is 1. The Morgan fingerprint density at radius 1 is 0.548 bits per heavy atom. The first-order chi connectivity index (χ1) is 40.2. The molecule has 1 unspecified atom stereocenters. The van der Waals surface area contributed by atoms with Crippen LogP contribution in [-0.4, -0.2) is 57.1 Å². The summed E-state index contributed by atoms with van der Waals surface area (Å²) < 4.78 is 9.92. The van der Waals surface area contributed by atoms with Crippen LogP contribution >= 0.6 is 45.6 Å². The van der Waals surface area contributed by atoms with E-state index in [1.54, 1.807) is 34.0 Å². The number of rotatable bonds is 20. The van der Waals surface area contributed by atoms with Crippen LogP contribution in [-0.2, 0) is 102 Å². The molecule has 1 saturated heterocycles. The van der Waals surface area contributed by atoms with Crippen LogP contribution in [0.15, 0.2) is 236 Å². The number of carbonyl (C=O) groups is 2. The number of aryl methyl sites for hydroxylation is 3. The van der Waals surface area contributed by atoms with E-state index in [-0.39, 0.29) is 69.8 Å². The Balaban J connectivity index is 0.000000296. The minimum absolute atomic E-state index is 0. The Hall–Kier alpha value is -4.84. The van der Waals surface area contributed by atoms with E-state index in [1.165, 1.54) is 87.5 Å². The predicted octanol–water partition coefficient (Wildman–Crippen LogP) is 18.6. The number of allylic oxidation sites excluding steroid dienone is 2. The summed E-state index contributed by atoms with van der Waals surface area (Å²) >= 11 is 13.6. The molecule has 0 saturated carbocycles. The third kappa shape index (κ3) is 27.2. The summed E-state index contributed by atoms with van der Waals surface area (Å²) in [5.74, 6) is -0.348. The Labute approximate surface area is 561 Å². The molecular formula is C70H70B2ClO5S4VY-. The van der Waals surface area contributed by atoms with Crippen molar-refractivity contribution in [2.75, 3.05) is 19.8 Å². The number of aliphatic hydroxyl groups is 1. The van der Waals surface area contributed by atoms with E-state index in [2.05, 4.69) is 237 Å². The van der Waals surface area contributed by atoms with Gasteiger partial charge in [0.05, 0.1) is 6.61 Å². The second-order valence-electron chi connectivity index (χ2n) is 18.7. The van der Waals surface area contributed by atoms with E-state index < -0.39 is 5.24 Å². The standard InChI is InChI=1S/C23H22O2S.C20H20OS.C20H18S.C4H7BO.C3H3ClO.BS.V.Y/c1-2-23(24)25-16-4-3-6-18-8-10-19(11-9-18)20-12-14-21(15-13-20)22-7-5-17-26-22;21-14-2-1-4-16-6-8-17(9-7-16)18-10-12-19(13-11-18)20-5-3-15-22-20;1-2-3-5-16-7-9-17(10-8-16)18-11-13-19(14-12-18)20-6-4-15-21-20;5-4-2-1-3-6-4;1-2-3(4)5;1-2;;/h2,5,7-15,17H,1,3-4,6,16H2;3,5-13,15,21H,1-2,4,14H2;2,4,6-15H,1,3,5H2;4H,1-3H2;2H,1H2;;;/q;;;;;-1;;. The average molecular weight is 1320 g/mol. The molecule has 1 aliphatic rings. The Kier molecular flexibility index (Phi) is 38.2. The van der Waals surface area contributed by atoms with Crippen LogP contribution in [0.25, 0.3) is 64.7 Å². The normalized spacial score (nSPS) is 11.6. The van der Waals surface area contributed by atoms with Gasteiger partial charge in [-0.05, 0) is 183 Å². The molecule has 426 valence electrons. The van der Waals surface area contributed by atoms with Gasteiger partial charge in [0.1, 0.15) is 7.85 Å². The zero-order valence-electron chi connectivity index (χ0n) is 47.4. The van der Waals surface area contributed by atoms with Crippen LogP contribution in [0, 0.1) is 0 Å². The molecule has 84 heavy (non-hydrogen) atoms. The second kappa shape index (κ2) is 43.7. The topological polar surface area (TPSA) is 72.8 Å². The van der Waals surface area contributed by atoms with Gasteiger partial charge in [-0.3, -0.25) is 4.79 Å². The van der Waals surface area contributed by atoms with E-state index in [1.807, 2.05) is 6.08 Å². The fraction of sp³-hybridized carbons (Fsp3) is 0.200. The van der Waals surface area contributed by atoms with E-state index >= 15 is 0 Å². The molecule has 9 aromatic rings. The molecular weight excluding hydrogens is 1250 g/mol. The van der Waals surface area contributed by atoms with Crippen LogP contribution in [0.3, 0.4) is 0 Å². The maximum absolute atomic E-state index is 11.0. The second-order valence-corrected chi connectivity index (χ2v) is 21.9. The van der Waals surface area contributed by atoms with Crippen molar-refractivity contribution in [1.29, 1.82) is 0 Å². The third-order valence-electron chi connectivity index (χ3n) is 12.8. The largest absolute Gasteiger partial charge is 0.843 e. The molecule has 6 radical (unpaired) electrons. The maximum Gasteiger partial charge on any atom is 0.330 e. The molecule has 10 rings (SSSR count). The molecule has 3 aromatic heterocycles. The molecule has 6 aromatic carbocycles. The van der Waals surface area contributed by atoms with Gasteiger partial charge in [-0.1, -0.05) is 183 Å². The molecule has 0 bridgehead atoms. The number of hydrogen-bond donors (Lipinski definition) is 1. The van der Waals surface area contributed by atoms with Crippen LogP contribution < -0.4 is 0 Å². The molecule has 1 N–H and O–H groups in total. The number of benzene rings is 6. The molecule has 4 heterocycles. The van der Waals surface area contributed by atoms with Gasteiger partial charge < -0.3 is 27.1 Å². The SMILES string of the molecule is C=CC(=O)Cl.C=CC(=O)OCCCCc1ccc(-c2ccc(-c3cccs3)cc2)cc1.C=CCCc1ccc(-c2ccc(-c3cccs3)cc2)cc1.OCCCCc1ccc(-c2ccc(-c3cccs3)cc2)cc1.[B]C1CCCO1.[B][S-].[V].[Y]. The molecule has 1 fully saturated rings. The van der Waals surface area contributed by atoms with Gasteiger partial charge in [-0.15, -0.1) is 40.6 Å². The van der Waals surface area contributed by atoms with Crippen molar-refractivity contribution in [1.82, 2.24) is 0 Å². The molecule has 0 aliphatic carbocycles. The fourth-order valence-electron chi connectivity index (χ4n) is 8.38. The number of hydrogen-bond acceptors (Lipinski definition) is 9. The average Bonchev–Trinajstić information content (AvgIpc) is 4.56. The summed E-state index contributed by atoms with van der Waals surface area (Å²) in [5.41, 5.74) is 15.3. The van der Waals surface area contributed by atoms with Crippen molar-refractivity contribution in [2.24, 2.45) is 0 Å². The van der Waals surface area contributed by atoms with Crippen molar-refractivity contribution >= 4 is 84.3 Å². The summed E-state index contributed by atoms with van der Waals surface area (Å²) in [6, 6.07) is 65.4. The van der Waals surface area contributed by atoms with Crippen molar-refractivity contribution in [2.45, 2.75) is 70.2 Å². The first-order valence-electron chi connectivity index (χ1n) is 27.3. The van der Waals surface area contributed by atoms with E-state index in [9.17, 15) is 9.59 Å². The summed E-state index contributed by atoms with van der Waals surface area (Å²) in [7, 11) is 9.40. The summed E-state index contributed by atoms with van der Waals surface area (Å²) in [6.45, 7) is 11.8. The van der Waals surface area contributed by atoms with Gasteiger partial charge in [0, 0.05) is 91.2 Å². The predicted molar refractivity (Wildman–Crippen MR) is 357 cm³/mol. The van der Waals surface area contributed by atoms with E-state index in [0.717, 1.165) is 76.9 Å². The number of ether oxygens (including phenoxy) is 2. The Morgan fingerprint density at radius 2 is 0.881 bits per heavy atom. The first-order valence-corrected chi connectivity index (χ1v) is 30.8. The molecule has 5 nitrogen and oxygen atoms in total. The number of unbranched alkanes of at least 4 members (excludes halogenated alkanes) is 2. The molecule has 0 amide bonds. The number of thiophene rings is 3. The summed E-state index contributed by atoms with van der Waals surface area (Å²) in [5, 5.41) is 14.6. The molecule has 1 aliphatic heterocycles. The van der Waals surface area contributed by atoms with Gasteiger partial charge >= 0.3 is 5.97 Å². The Bertz CT molecular complexity index is 3170. The van der Waals surface area contributed by atoms with Crippen molar-refractivity contribution in [3.8, 4) is 64.7 Å². The van der Waals surface area contributed by atoms with Gasteiger partial charge in [0.2, 0.25) is 5.24 Å². The number of carbonyl (C=O) groups excluding carboxylic acids is 2. The summed E-state index contributed by atoms with van der Waals surface area (Å²) in [6.07, 6.45) is 14.3. The monoisotopic (exact) mass is 1320 g/mol. The first kappa shape index (κ1) is 73.4. The quantitative estimate of drug-likeness (QED) is 0.0156. The smallest absolute Gasteiger partial charge is 0.330 e. The minimum Gasteiger partial charge on any atom is -0.843 e. The minimum atomic E-state index is -0.509. The van der Waals surface area contributed by atoms with Crippen LogP contribution in [0.1, 0.15) is 61.6 Å². The molecule has 0 spiro atoms. The number of halogens is 1. The number of aliphatic hydroxyl groups excluding tert-OH is 1. The van der Waals surface area contributed by atoms with Crippen LogP contribution in [0.2, 0.25) is 0 Å². The van der Waals surface area contributed by atoms with Crippen LogP contribution in [0.5, 0.6) is 0 Å². The molecule has 1 atom stereocenters. The van der Waals surface area contributed by atoms with Gasteiger partial charge in [0.15, 0.2) is 0 Å². The van der Waals surface area contributed by atoms with E-state index in [0.29, 0.717) is 6.61 Å². The van der Waals surface area contributed by atoms with E-state index in [4.69, 9.17) is 34.0 Å². The fourth-order valence-corrected chi connectivity index (χ4v) is 10.6. The third-order valence-corrected chi connectivity index (χ3v) is 15.8. The zero-order chi connectivity index (χ0) is 58.6. The van der Waals surface area contributed by atoms with Crippen molar-refractivity contribution < 1.29 is 75.4 Å². The maximum atomic E-state index is 11.0. The Morgan fingerprint density at radius 3 is 1.14 bits per heavy atom. The van der Waals surface area contributed by atoms with Crippen molar-refractivity contribution in [3.05, 3.63) is 253 Å².